The van der Waals surface area contributed by atoms with Crippen LogP contribution in [0, 0.1) is 0 Å². The molecule has 0 aliphatic carbocycles. The first-order valence-corrected chi connectivity index (χ1v) is 8.44. The molecule has 0 aromatic heterocycles. The van der Waals surface area contributed by atoms with Gasteiger partial charge in [0.25, 0.3) is 5.91 Å². The number of phenolic OH excluding ortho intramolecular Hbond substituents is 1. The van der Waals surface area contributed by atoms with Crippen molar-refractivity contribution in [3.8, 4) is 11.5 Å². The summed E-state index contributed by atoms with van der Waals surface area (Å²) in [5.41, 5.74) is 3.64. The largest absolute Gasteiger partial charge is 0.503 e. The fraction of sp³-hybridized carbons (Fsp3) is 0.100. The molecule has 5 nitrogen and oxygen atoms in total. The maximum Gasteiger partial charge on any atom is 0.271 e. The van der Waals surface area contributed by atoms with Gasteiger partial charge in [0.15, 0.2) is 11.5 Å². The number of halogens is 1. The van der Waals surface area contributed by atoms with Gasteiger partial charge in [-0.1, -0.05) is 48.0 Å². The van der Waals surface area contributed by atoms with E-state index in [9.17, 15) is 9.90 Å². The molecule has 0 saturated carbocycles. The van der Waals surface area contributed by atoms with E-state index in [4.69, 9.17) is 16.3 Å². The fourth-order valence-corrected chi connectivity index (χ4v) is 2.80. The monoisotopic (exact) mass is 368 g/mol. The molecular formula is C20H17ClN2O3. The minimum absolute atomic E-state index is 0.120. The maximum atomic E-state index is 12.4. The van der Waals surface area contributed by atoms with Gasteiger partial charge in [-0.05, 0) is 41.5 Å². The number of carbonyl (C=O) groups is 1. The molecule has 3 rings (SSSR count). The third kappa shape index (κ3) is 3.78. The van der Waals surface area contributed by atoms with Gasteiger partial charge in [-0.25, -0.2) is 5.43 Å². The Morgan fingerprint density at radius 2 is 2.00 bits per heavy atom. The van der Waals surface area contributed by atoms with Crippen LogP contribution in [0.25, 0.3) is 10.8 Å². The Labute approximate surface area is 155 Å². The van der Waals surface area contributed by atoms with Crippen molar-refractivity contribution in [1.82, 2.24) is 5.43 Å². The van der Waals surface area contributed by atoms with Gasteiger partial charge in [0.1, 0.15) is 0 Å². The van der Waals surface area contributed by atoms with Gasteiger partial charge in [0.05, 0.1) is 17.8 Å². The highest BCUT2D eigenvalue weighted by atomic mass is 35.5. The first-order chi connectivity index (χ1) is 12.6. The molecule has 0 unspecified atom stereocenters. The number of fused-ring (bicyclic) bond motifs is 1. The Bertz CT molecular complexity index is 981. The molecule has 0 aliphatic rings. The van der Waals surface area contributed by atoms with E-state index >= 15 is 0 Å². The quantitative estimate of drug-likeness (QED) is 0.519. The van der Waals surface area contributed by atoms with Crippen LogP contribution in [0.5, 0.6) is 11.5 Å². The molecule has 3 aromatic rings. The molecule has 2 N–H and O–H groups in total. The second-order valence-electron chi connectivity index (χ2n) is 5.51. The summed E-state index contributed by atoms with van der Waals surface area (Å²) in [5, 5.41) is 15.8. The van der Waals surface area contributed by atoms with Crippen molar-refractivity contribution in [1.29, 1.82) is 0 Å². The number of nitrogens with zero attached hydrogens (tertiary/aromatic N) is 1. The Kier molecular flexibility index (Phi) is 5.39. The summed E-state index contributed by atoms with van der Waals surface area (Å²) in [6.45, 7) is 2.20. The lowest BCUT2D eigenvalue weighted by Crippen LogP contribution is -2.17. The summed E-state index contributed by atoms with van der Waals surface area (Å²) in [4.78, 5) is 12.4. The smallest absolute Gasteiger partial charge is 0.271 e. The second kappa shape index (κ2) is 7.89. The van der Waals surface area contributed by atoms with Crippen LogP contribution in [0.2, 0.25) is 5.02 Å². The number of amides is 1. The van der Waals surface area contributed by atoms with Gasteiger partial charge < -0.3 is 9.84 Å². The van der Waals surface area contributed by atoms with Crippen LogP contribution >= 0.6 is 11.6 Å². The zero-order chi connectivity index (χ0) is 18.5. The number of phenols is 1. The van der Waals surface area contributed by atoms with E-state index in [0.29, 0.717) is 17.7 Å². The normalized spacial score (nSPS) is 11.0. The van der Waals surface area contributed by atoms with Crippen molar-refractivity contribution in [2.24, 2.45) is 5.10 Å². The standard InChI is InChI=1S/C20H17ClN2O3/c1-2-26-18-11-13(10-17(21)19(18)24)12-22-23-20(25)16-9-5-7-14-6-3-4-8-15(14)16/h3-12,24H,2H2,1H3,(H,23,25)/b22-12-. The van der Waals surface area contributed by atoms with Crippen LogP contribution in [0.15, 0.2) is 59.7 Å². The van der Waals surface area contributed by atoms with Crippen molar-refractivity contribution in [3.05, 3.63) is 70.7 Å². The molecule has 3 aromatic carbocycles. The lowest BCUT2D eigenvalue weighted by Gasteiger charge is -2.08. The van der Waals surface area contributed by atoms with Crippen LogP contribution in [-0.4, -0.2) is 23.8 Å². The van der Waals surface area contributed by atoms with E-state index in [1.54, 1.807) is 19.1 Å². The zero-order valence-corrected chi connectivity index (χ0v) is 14.8. The first-order valence-electron chi connectivity index (χ1n) is 8.06. The fourth-order valence-electron chi connectivity index (χ4n) is 2.58. The van der Waals surface area contributed by atoms with E-state index in [-0.39, 0.29) is 22.4 Å². The van der Waals surface area contributed by atoms with E-state index < -0.39 is 0 Å². The summed E-state index contributed by atoms with van der Waals surface area (Å²) in [6, 6.07) is 16.3. The van der Waals surface area contributed by atoms with Crippen molar-refractivity contribution >= 4 is 34.5 Å². The Hall–Kier alpha value is -3.05. The van der Waals surface area contributed by atoms with Gasteiger partial charge in [0, 0.05) is 5.56 Å². The number of rotatable bonds is 5. The van der Waals surface area contributed by atoms with Crippen molar-refractivity contribution in [3.63, 3.8) is 0 Å². The van der Waals surface area contributed by atoms with Gasteiger partial charge in [-0.2, -0.15) is 5.10 Å². The number of nitrogens with one attached hydrogen (secondary N) is 1. The van der Waals surface area contributed by atoms with Crippen LogP contribution in [-0.2, 0) is 0 Å². The van der Waals surface area contributed by atoms with Crippen LogP contribution in [0.3, 0.4) is 0 Å². The predicted octanol–water partition coefficient (Wildman–Crippen LogP) is 4.36. The minimum Gasteiger partial charge on any atom is -0.503 e. The molecule has 132 valence electrons. The third-order valence-corrected chi connectivity index (χ3v) is 4.05. The van der Waals surface area contributed by atoms with Crippen LogP contribution < -0.4 is 10.2 Å². The third-order valence-electron chi connectivity index (χ3n) is 3.76. The maximum absolute atomic E-state index is 12.4. The lowest BCUT2D eigenvalue weighted by atomic mass is 10.0. The van der Waals surface area contributed by atoms with Gasteiger partial charge in [-0.15, -0.1) is 0 Å². The van der Waals surface area contributed by atoms with E-state index in [0.717, 1.165) is 10.8 Å². The predicted molar refractivity (Wildman–Crippen MR) is 103 cm³/mol. The number of hydrazone groups is 1. The van der Waals surface area contributed by atoms with Crippen LogP contribution in [0.4, 0.5) is 0 Å². The van der Waals surface area contributed by atoms with Crippen molar-refractivity contribution in [2.75, 3.05) is 6.61 Å². The molecule has 0 spiro atoms. The Balaban J connectivity index is 1.79. The van der Waals surface area contributed by atoms with Gasteiger partial charge in [-0.3, -0.25) is 4.79 Å². The Morgan fingerprint density at radius 3 is 2.81 bits per heavy atom. The summed E-state index contributed by atoms with van der Waals surface area (Å²) in [5.74, 6) is -0.166. The average Bonchev–Trinajstić information content (AvgIpc) is 2.65. The lowest BCUT2D eigenvalue weighted by molar-refractivity contribution is 0.0957. The molecule has 0 saturated heterocycles. The summed E-state index contributed by atoms with van der Waals surface area (Å²) in [6.07, 6.45) is 1.44. The molecule has 26 heavy (non-hydrogen) atoms. The van der Waals surface area contributed by atoms with Crippen LogP contribution in [0.1, 0.15) is 22.8 Å². The number of carbonyl (C=O) groups excluding carboxylic acids is 1. The molecule has 0 aliphatic heterocycles. The number of benzene rings is 3. The summed E-state index contributed by atoms with van der Waals surface area (Å²) in [7, 11) is 0. The minimum atomic E-state index is -0.312. The van der Waals surface area contributed by atoms with Crippen molar-refractivity contribution < 1.29 is 14.6 Å². The average molecular weight is 369 g/mol. The highest BCUT2D eigenvalue weighted by Gasteiger charge is 2.10. The second-order valence-corrected chi connectivity index (χ2v) is 5.92. The molecule has 0 fully saturated rings. The summed E-state index contributed by atoms with van der Waals surface area (Å²) < 4.78 is 5.32. The van der Waals surface area contributed by atoms with Gasteiger partial charge >= 0.3 is 0 Å². The first kappa shape index (κ1) is 17.8. The molecule has 0 bridgehead atoms. The molecule has 0 heterocycles. The topological polar surface area (TPSA) is 70.9 Å². The van der Waals surface area contributed by atoms with E-state index in [1.807, 2.05) is 36.4 Å². The number of aromatic hydroxyl groups is 1. The molecule has 0 atom stereocenters. The molecule has 6 heteroatoms. The van der Waals surface area contributed by atoms with Gasteiger partial charge in [0.2, 0.25) is 0 Å². The highest BCUT2D eigenvalue weighted by Crippen LogP contribution is 2.34. The van der Waals surface area contributed by atoms with E-state index in [1.165, 1.54) is 12.3 Å². The highest BCUT2D eigenvalue weighted by molar-refractivity contribution is 6.32. The molecule has 0 radical (unpaired) electrons. The number of hydrogen-bond acceptors (Lipinski definition) is 4. The van der Waals surface area contributed by atoms with E-state index in [2.05, 4.69) is 10.5 Å². The zero-order valence-electron chi connectivity index (χ0n) is 14.1. The van der Waals surface area contributed by atoms with Crippen molar-refractivity contribution in [2.45, 2.75) is 6.92 Å². The summed E-state index contributed by atoms with van der Waals surface area (Å²) >= 11 is 5.98. The molecular weight excluding hydrogens is 352 g/mol. The Morgan fingerprint density at radius 1 is 1.23 bits per heavy atom. The SMILES string of the molecule is CCOc1cc(/C=N\NC(=O)c2cccc3ccccc23)cc(Cl)c1O. The molecule has 1 amide bonds. The number of ether oxygens (including phenoxy) is 1. The number of hydrogen-bond donors (Lipinski definition) is 2.